The molecule has 0 aliphatic carbocycles. The minimum atomic E-state index is -0.678. The van der Waals surface area contributed by atoms with E-state index in [0.717, 1.165) is 11.1 Å². The number of rotatable bonds is 2. The Bertz CT molecular complexity index is 976. The Morgan fingerprint density at radius 3 is 2.70 bits per heavy atom. The van der Waals surface area contributed by atoms with E-state index >= 15 is 0 Å². The average molecular weight is 328 g/mol. The molecule has 1 N–H and O–H groups in total. The molecule has 5 heteroatoms. The predicted molar refractivity (Wildman–Crippen MR) is 91.4 cm³/mol. The summed E-state index contributed by atoms with van der Waals surface area (Å²) in [5, 5.41) is 3.86. The number of carbonyl (C=O) groups is 1. The third-order valence-corrected chi connectivity index (χ3v) is 4.03. The molecule has 0 bridgehead atoms. The maximum atomic E-state index is 12.4. The molecule has 0 radical (unpaired) electrons. The fourth-order valence-corrected chi connectivity index (χ4v) is 2.51. The van der Waals surface area contributed by atoms with Crippen LogP contribution < -0.4 is 10.9 Å². The zero-order chi connectivity index (χ0) is 16.6. The van der Waals surface area contributed by atoms with Crippen LogP contribution in [0, 0.1) is 13.8 Å². The van der Waals surface area contributed by atoms with Gasteiger partial charge in [-0.3, -0.25) is 4.79 Å². The molecule has 3 aromatic rings. The molecule has 23 heavy (non-hydrogen) atoms. The second-order valence-electron chi connectivity index (χ2n) is 5.33. The predicted octanol–water partition coefficient (Wildman–Crippen LogP) is 4.32. The number of carbonyl (C=O) groups excluding carboxylic acids is 1. The third kappa shape index (κ3) is 2.98. The number of amides is 1. The first-order chi connectivity index (χ1) is 11.0. The van der Waals surface area contributed by atoms with Crippen LogP contribution >= 0.6 is 11.6 Å². The summed E-state index contributed by atoms with van der Waals surface area (Å²) in [6.07, 6.45) is 0. The number of anilines is 1. The summed E-state index contributed by atoms with van der Waals surface area (Å²) in [6.45, 7) is 3.87. The molecule has 0 aliphatic rings. The maximum Gasteiger partial charge on any atom is 0.349 e. The lowest BCUT2D eigenvalue weighted by molar-refractivity contribution is 0.102. The van der Waals surface area contributed by atoms with E-state index in [4.69, 9.17) is 16.0 Å². The lowest BCUT2D eigenvalue weighted by Gasteiger charge is -2.10. The Hall–Kier alpha value is -2.59. The number of aryl methyl sites for hydroxylation is 1. The van der Waals surface area contributed by atoms with E-state index in [1.807, 2.05) is 26.0 Å². The van der Waals surface area contributed by atoms with Gasteiger partial charge in [-0.25, -0.2) is 4.79 Å². The van der Waals surface area contributed by atoms with Crippen molar-refractivity contribution >= 4 is 34.2 Å². The van der Waals surface area contributed by atoms with E-state index in [9.17, 15) is 9.59 Å². The summed E-state index contributed by atoms with van der Waals surface area (Å²) in [5.74, 6) is -0.505. The first-order valence-corrected chi connectivity index (χ1v) is 7.44. The van der Waals surface area contributed by atoms with Crippen LogP contribution in [0.25, 0.3) is 11.0 Å². The summed E-state index contributed by atoms with van der Waals surface area (Å²) in [7, 11) is 0. The van der Waals surface area contributed by atoms with Gasteiger partial charge in [-0.1, -0.05) is 23.7 Å². The first kappa shape index (κ1) is 15.3. The van der Waals surface area contributed by atoms with E-state index in [0.29, 0.717) is 21.7 Å². The van der Waals surface area contributed by atoms with Crippen LogP contribution in [0.15, 0.2) is 51.7 Å². The number of nitrogens with one attached hydrogen (secondary N) is 1. The van der Waals surface area contributed by atoms with Crippen LogP contribution in [0.2, 0.25) is 5.02 Å². The molecule has 2 aromatic carbocycles. The van der Waals surface area contributed by atoms with Gasteiger partial charge in [0.1, 0.15) is 11.1 Å². The zero-order valence-corrected chi connectivity index (χ0v) is 13.4. The van der Waals surface area contributed by atoms with Crippen LogP contribution in [-0.2, 0) is 0 Å². The first-order valence-electron chi connectivity index (χ1n) is 7.06. The molecule has 0 unspecified atom stereocenters. The molecule has 0 atom stereocenters. The van der Waals surface area contributed by atoms with Gasteiger partial charge in [0.05, 0.1) is 0 Å². The topological polar surface area (TPSA) is 59.3 Å². The van der Waals surface area contributed by atoms with Gasteiger partial charge in [0.15, 0.2) is 0 Å². The quantitative estimate of drug-likeness (QED) is 0.713. The van der Waals surface area contributed by atoms with E-state index in [2.05, 4.69) is 5.32 Å². The van der Waals surface area contributed by atoms with Crippen molar-refractivity contribution in [3.8, 4) is 0 Å². The van der Waals surface area contributed by atoms with E-state index in [-0.39, 0.29) is 5.56 Å². The van der Waals surface area contributed by atoms with Crippen molar-refractivity contribution in [2.75, 3.05) is 5.32 Å². The van der Waals surface area contributed by atoms with Crippen LogP contribution in [-0.4, -0.2) is 5.91 Å². The van der Waals surface area contributed by atoms with Crippen molar-refractivity contribution in [3.63, 3.8) is 0 Å². The summed E-state index contributed by atoms with van der Waals surface area (Å²) in [5.41, 5.74) is 2.33. The van der Waals surface area contributed by atoms with Crippen molar-refractivity contribution in [2.24, 2.45) is 0 Å². The van der Waals surface area contributed by atoms with Crippen molar-refractivity contribution in [1.29, 1.82) is 0 Å². The highest BCUT2D eigenvalue weighted by atomic mass is 35.5. The molecular formula is C18H14ClNO3. The highest BCUT2D eigenvalue weighted by Crippen LogP contribution is 2.21. The summed E-state index contributed by atoms with van der Waals surface area (Å²) in [4.78, 5) is 24.5. The van der Waals surface area contributed by atoms with Crippen LogP contribution in [0.5, 0.6) is 0 Å². The third-order valence-electron chi connectivity index (χ3n) is 3.79. The lowest BCUT2D eigenvalue weighted by atomic mass is 10.1. The van der Waals surface area contributed by atoms with Gasteiger partial charge in [-0.05, 0) is 55.3 Å². The highest BCUT2D eigenvalue weighted by Gasteiger charge is 2.15. The van der Waals surface area contributed by atoms with E-state index in [1.54, 1.807) is 24.3 Å². The summed E-state index contributed by atoms with van der Waals surface area (Å²) < 4.78 is 5.19. The molecular weight excluding hydrogens is 314 g/mol. The Morgan fingerprint density at radius 2 is 1.91 bits per heavy atom. The number of hydrogen-bond acceptors (Lipinski definition) is 3. The zero-order valence-electron chi connectivity index (χ0n) is 12.6. The smallest absolute Gasteiger partial charge is 0.349 e. The molecule has 1 aromatic heterocycles. The lowest BCUT2D eigenvalue weighted by Crippen LogP contribution is -2.21. The molecule has 0 aliphatic heterocycles. The number of halogens is 1. The van der Waals surface area contributed by atoms with Crippen molar-refractivity contribution < 1.29 is 9.21 Å². The fraction of sp³-hybridized carbons (Fsp3) is 0.111. The van der Waals surface area contributed by atoms with Gasteiger partial charge < -0.3 is 9.73 Å². The molecule has 0 saturated heterocycles. The average Bonchev–Trinajstić information content (AvgIpc) is 2.51. The second-order valence-corrected chi connectivity index (χ2v) is 5.77. The Morgan fingerprint density at radius 1 is 1.13 bits per heavy atom. The number of benzene rings is 2. The molecule has 0 spiro atoms. The van der Waals surface area contributed by atoms with Crippen LogP contribution in [0.4, 0.5) is 5.69 Å². The second kappa shape index (κ2) is 5.89. The van der Waals surface area contributed by atoms with Crippen molar-refractivity contribution in [2.45, 2.75) is 13.8 Å². The molecule has 0 saturated carbocycles. The largest absolute Gasteiger partial charge is 0.422 e. The van der Waals surface area contributed by atoms with Crippen molar-refractivity contribution in [1.82, 2.24) is 0 Å². The monoisotopic (exact) mass is 327 g/mol. The minimum absolute atomic E-state index is 0.0549. The molecule has 4 nitrogen and oxygen atoms in total. The normalized spacial score (nSPS) is 10.7. The van der Waals surface area contributed by atoms with Gasteiger partial charge in [-0.15, -0.1) is 0 Å². The minimum Gasteiger partial charge on any atom is -0.422 e. The summed E-state index contributed by atoms with van der Waals surface area (Å²) in [6, 6.07) is 12.0. The molecule has 1 amide bonds. The Labute approximate surface area is 137 Å². The van der Waals surface area contributed by atoms with Gasteiger partial charge in [0.25, 0.3) is 5.91 Å². The van der Waals surface area contributed by atoms with Gasteiger partial charge in [0.2, 0.25) is 0 Å². The van der Waals surface area contributed by atoms with Gasteiger partial charge in [0, 0.05) is 16.1 Å². The Kier molecular flexibility index (Phi) is 3.92. The summed E-state index contributed by atoms with van der Waals surface area (Å²) >= 11 is 5.94. The number of hydrogen-bond donors (Lipinski definition) is 1. The molecule has 1 heterocycles. The number of fused-ring (bicyclic) bond motifs is 1. The van der Waals surface area contributed by atoms with Crippen LogP contribution in [0.1, 0.15) is 21.5 Å². The molecule has 3 rings (SSSR count). The highest BCUT2D eigenvalue weighted by molar-refractivity contribution is 6.31. The standard InChI is InChI=1S/C18H14ClNO3/c1-10-4-3-5-15(11(10)2)20-17(21)14-9-12-8-13(19)6-7-16(12)23-18(14)22/h3-9H,1-2H3,(H,20,21). The van der Waals surface area contributed by atoms with Crippen LogP contribution in [0.3, 0.4) is 0 Å². The fourth-order valence-electron chi connectivity index (χ4n) is 2.33. The van der Waals surface area contributed by atoms with Gasteiger partial charge in [-0.2, -0.15) is 0 Å². The SMILES string of the molecule is Cc1cccc(NC(=O)c2cc3cc(Cl)ccc3oc2=O)c1C. The van der Waals surface area contributed by atoms with Crippen molar-refractivity contribution in [3.05, 3.63) is 74.6 Å². The Balaban J connectivity index is 2.02. The maximum absolute atomic E-state index is 12.4. The molecule has 0 fully saturated rings. The molecule has 116 valence electrons. The van der Waals surface area contributed by atoms with E-state index in [1.165, 1.54) is 6.07 Å². The van der Waals surface area contributed by atoms with Gasteiger partial charge >= 0.3 is 5.63 Å². The van der Waals surface area contributed by atoms with E-state index < -0.39 is 11.5 Å².